The van der Waals surface area contributed by atoms with Gasteiger partial charge >= 0.3 is 0 Å². The zero-order chi connectivity index (χ0) is 12.1. The van der Waals surface area contributed by atoms with Gasteiger partial charge in [0.25, 0.3) is 0 Å². The van der Waals surface area contributed by atoms with Crippen LogP contribution < -0.4 is 5.32 Å². The average Bonchev–Trinajstić information content (AvgIpc) is 2.32. The molecule has 1 heterocycles. The molecule has 0 atom stereocenters. The zero-order valence-electron chi connectivity index (χ0n) is 11.7. The van der Waals surface area contributed by atoms with Crippen LogP contribution in [0.2, 0.25) is 0 Å². The lowest BCUT2D eigenvalue weighted by molar-refractivity contribution is 0.0256. The van der Waals surface area contributed by atoms with Crippen molar-refractivity contribution in [2.45, 2.75) is 44.1 Å². The maximum Gasteiger partial charge on any atom is 0.0334 e. The van der Waals surface area contributed by atoms with Crippen LogP contribution in [0.4, 0.5) is 0 Å². The molecule has 100 valence electrons. The fourth-order valence-corrected chi connectivity index (χ4v) is 3.51. The molecule has 2 fully saturated rings. The van der Waals surface area contributed by atoms with Crippen LogP contribution in [0, 0.1) is 0 Å². The van der Waals surface area contributed by atoms with E-state index >= 15 is 0 Å². The second-order valence-corrected chi connectivity index (χ2v) is 6.11. The molecule has 1 N–H and O–H groups in total. The second-order valence-electron chi connectivity index (χ2n) is 6.11. The fraction of sp³-hybridized carbons (Fsp3) is 1.00. The van der Waals surface area contributed by atoms with E-state index in [0.29, 0.717) is 5.54 Å². The molecule has 17 heavy (non-hydrogen) atoms. The van der Waals surface area contributed by atoms with Crippen LogP contribution in [0.5, 0.6) is 0 Å². The fourth-order valence-electron chi connectivity index (χ4n) is 3.51. The minimum atomic E-state index is 0.517. The summed E-state index contributed by atoms with van der Waals surface area (Å²) in [5, 5.41) is 3.62. The van der Waals surface area contributed by atoms with Gasteiger partial charge in [0.05, 0.1) is 0 Å². The van der Waals surface area contributed by atoms with Gasteiger partial charge in [0.15, 0.2) is 0 Å². The molecule has 1 aliphatic carbocycles. The molecule has 1 saturated carbocycles. The van der Waals surface area contributed by atoms with E-state index in [0.717, 1.165) is 0 Å². The Morgan fingerprint density at radius 2 is 1.94 bits per heavy atom. The summed E-state index contributed by atoms with van der Waals surface area (Å²) in [4.78, 5) is 5.10. The van der Waals surface area contributed by atoms with Crippen LogP contribution in [0.1, 0.15) is 38.5 Å². The summed E-state index contributed by atoms with van der Waals surface area (Å²) in [6, 6.07) is 0. The zero-order valence-corrected chi connectivity index (χ0v) is 11.7. The Morgan fingerprint density at radius 3 is 2.65 bits per heavy atom. The van der Waals surface area contributed by atoms with Gasteiger partial charge in [0.2, 0.25) is 0 Å². The van der Waals surface area contributed by atoms with Crippen molar-refractivity contribution in [2.75, 3.05) is 46.8 Å². The van der Waals surface area contributed by atoms with Crippen molar-refractivity contribution in [3.63, 3.8) is 0 Å². The lowest BCUT2D eigenvalue weighted by atomic mass is 9.79. The predicted molar refractivity (Wildman–Crippen MR) is 73.4 cm³/mol. The number of nitrogens with one attached hydrogen (secondary N) is 1. The van der Waals surface area contributed by atoms with Crippen LogP contribution in [-0.4, -0.2) is 62.2 Å². The standard InChI is InChI=1S/C14H29N3/c1-16(2)10-6-11-17-12-9-15-13-14(17)7-4-3-5-8-14/h15H,3-13H2,1-2H3. The van der Waals surface area contributed by atoms with Crippen molar-refractivity contribution in [1.29, 1.82) is 0 Å². The summed E-state index contributed by atoms with van der Waals surface area (Å²) in [7, 11) is 4.35. The van der Waals surface area contributed by atoms with Gasteiger partial charge in [0.1, 0.15) is 0 Å². The molecule has 0 aromatic rings. The smallest absolute Gasteiger partial charge is 0.0334 e. The summed E-state index contributed by atoms with van der Waals surface area (Å²) in [5.74, 6) is 0. The summed E-state index contributed by atoms with van der Waals surface area (Å²) >= 11 is 0. The van der Waals surface area contributed by atoms with Gasteiger partial charge in [-0.2, -0.15) is 0 Å². The first-order chi connectivity index (χ1) is 8.23. The minimum Gasteiger partial charge on any atom is -0.314 e. The van der Waals surface area contributed by atoms with Crippen LogP contribution in [0.3, 0.4) is 0 Å². The number of hydrogen-bond acceptors (Lipinski definition) is 3. The van der Waals surface area contributed by atoms with Gasteiger partial charge in [-0.3, -0.25) is 4.90 Å². The van der Waals surface area contributed by atoms with Gasteiger partial charge in [-0.15, -0.1) is 0 Å². The van der Waals surface area contributed by atoms with Gasteiger partial charge < -0.3 is 10.2 Å². The molecule has 0 unspecified atom stereocenters. The molecule has 0 aromatic heterocycles. The molecule has 0 aromatic carbocycles. The first-order valence-electron chi connectivity index (χ1n) is 7.33. The third-order valence-electron chi connectivity index (χ3n) is 4.50. The Kier molecular flexibility index (Phi) is 4.83. The van der Waals surface area contributed by atoms with Gasteiger partial charge in [-0.1, -0.05) is 19.3 Å². The van der Waals surface area contributed by atoms with Crippen molar-refractivity contribution >= 4 is 0 Å². The maximum absolute atomic E-state index is 3.62. The second kappa shape index (κ2) is 6.17. The van der Waals surface area contributed by atoms with Crippen LogP contribution in [-0.2, 0) is 0 Å². The highest BCUT2D eigenvalue weighted by atomic mass is 15.3. The number of nitrogens with zero attached hydrogens (tertiary/aromatic N) is 2. The highest BCUT2D eigenvalue weighted by Crippen LogP contribution is 2.34. The van der Waals surface area contributed by atoms with E-state index < -0.39 is 0 Å². The number of hydrogen-bond donors (Lipinski definition) is 1. The van der Waals surface area contributed by atoms with Crippen molar-refractivity contribution in [1.82, 2.24) is 15.1 Å². The van der Waals surface area contributed by atoms with E-state index in [1.165, 1.54) is 71.2 Å². The minimum absolute atomic E-state index is 0.517. The molecule has 2 rings (SSSR count). The summed E-state index contributed by atoms with van der Waals surface area (Å²) in [5.41, 5.74) is 0.517. The van der Waals surface area contributed by atoms with E-state index in [9.17, 15) is 0 Å². The number of piperazine rings is 1. The first-order valence-corrected chi connectivity index (χ1v) is 7.33. The normalized spacial score (nSPS) is 25.6. The molecule has 3 nitrogen and oxygen atoms in total. The predicted octanol–water partition coefficient (Wildman–Crippen LogP) is 1.55. The van der Waals surface area contributed by atoms with E-state index in [-0.39, 0.29) is 0 Å². The largest absolute Gasteiger partial charge is 0.314 e. The van der Waals surface area contributed by atoms with Crippen molar-refractivity contribution in [3.8, 4) is 0 Å². The van der Waals surface area contributed by atoms with Crippen molar-refractivity contribution in [3.05, 3.63) is 0 Å². The lowest BCUT2D eigenvalue weighted by Crippen LogP contribution is -2.62. The third-order valence-corrected chi connectivity index (χ3v) is 4.50. The van der Waals surface area contributed by atoms with Gasteiger partial charge in [-0.25, -0.2) is 0 Å². The molecule has 0 radical (unpaired) electrons. The summed E-state index contributed by atoms with van der Waals surface area (Å²) in [6.07, 6.45) is 8.48. The van der Waals surface area contributed by atoms with Gasteiger partial charge in [0, 0.05) is 31.7 Å². The molecular formula is C14H29N3. The topological polar surface area (TPSA) is 18.5 Å². The van der Waals surface area contributed by atoms with Crippen molar-refractivity contribution in [2.24, 2.45) is 0 Å². The van der Waals surface area contributed by atoms with Crippen LogP contribution in [0.15, 0.2) is 0 Å². The average molecular weight is 239 g/mol. The molecule has 1 spiro atoms. The quantitative estimate of drug-likeness (QED) is 0.803. The van der Waals surface area contributed by atoms with Crippen LogP contribution >= 0.6 is 0 Å². The first kappa shape index (κ1) is 13.3. The van der Waals surface area contributed by atoms with E-state index in [4.69, 9.17) is 0 Å². The van der Waals surface area contributed by atoms with Crippen molar-refractivity contribution < 1.29 is 0 Å². The Hall–Kier alpha value is -0.120. The van der Waals surface area contributed by atoms with Crippen LogP contribution in [0.25, 0.3) is 0 Å². The molecule has 0 amide bonds. The van der Waals surface area contributed by atoms with E-state index in [1.807, 2.05) is 0 Å². The third kappa shape index (κ3) is 3.43. The Bertz CT molecular complexity index is 213. The Morgan fingerprint density at radius 1 is 1.18 bits per heavy atom. The highest BCUT2D eigenvalue weighted by molar-refractivity contribution is 4.97. The van der Waals surface area contributed by atoms with E-state index in [2.05, 4.69) is 29.2 Å². The molecule has 1 saturated heterocycles. The highest BCUT2D eigenvalue weighted by Gasteiger charge is 2.38. The maximum atomic E-state index is 3.62. The Balaban J connectivity index is 1.87. The number of rotatable bonds is 4. The molecule has 0 bridgehead atoms. The summed E-state index contributed by atoms with van der Waals surface area (Å²) < 4.78 is 0. The molecule has 2 aliphatic rings. The molecule has 1 aliphatic heterocycles. The monoisotopic (exact) mass is 239 g/mol. The Labute approximate surface area is 107 Å². The summed E-state index contributed by atoms with van der Waals surface area (Å²) in [6.45, 7) is 6.19. The lowest BCUT2D eigenvalue weighted by Gasteiger charge is -2.50. The molecule has 3 heteroatoms. The SMILES string of the molecule is CN(C)CCCN1CCNCC12CCCCC2. The van der Waals surface area contributed by atoms with E-state index in [1.54, 1.807) is 0 Å². The molecular weight excluding hydrogens is 210 g/mol. The van der Waals surface area contributed by atoms with Gasteiger partial charge in [-0.05, 0) is 39.9 Å².